The molecule has 2 rings (SSSR count). The summed E-state index contributed by atoms with van der Waals surface area (Å²) in [7, 11) is 1.98. The summed E-state index contributed by atoms with van der Waals surface area (Å²) in [5.74, 6) is 1.41. The molecule has 3 heteroatoms. The van der Waals surface area contributed by atoms with Gasteiger partial charge in [0.25, 0.3) is 0 Å². The first-order valence-electron chi connectivity index (χ1n) is 8.11. The Morgan fingerprint density at radius 3 is 2.79 bits per heavy atom. The highest BCUT2D eigenvalue weighted by Crippen LogP contribution is 2.37. The van der Waals surface area contributed by atoms with Gasteiger partial charge in [0, 0.05) is 12.1 Å². The van der Waals surface area contributed by atoms with Gasteiger partial charge in [-0.1, -0.05) is 26.2 Å². The molecule has 0 aromatic heterocycles. The fourth-order valence-corrected chi connectivity index (χ4v) is 4.09. The molecule has 2 N–H and O–H groups in total. The Labute approximate surface area is 118 Å². The van der Waals surface area contributed by atoms with Crippen LogP contribution in [0.5, 0.6) is 0 Å². The van der Waals surface area contributed by atoms with Crippen molar-refractivity contribution < 1.29 is 9.84 Å². The third-order valence-electron chi connectivity index (χ3n) is 5.45. The lowest BCUT2D eigenvalue weighted by Gasteiger charge is -2.34. The van der Waals surface area contributed by atoms with Crippen LogP contribution in [0.3, 0.4) is 0 Å². The Bertz CT molecular complexity index is 265. The van der Waals surface area contributed by atoms with E-state index in [0.717, 1.165) is 25.4 Å². The average molecular weight is 269 g/mol. The van der Waals surface area contributed by atoms with Gasteiger partial charge in [-0.25, -0.2) is 0 Å². The largest absolute Gasteiger partial charge is 0.394 e. The maximum atomic E-state index is 9.67. The smallest absolute Gasteiger partial charge is 0.0615 e. The van der Waals surface area contributed by atoms with Crippen molar-refractivity contribution in [1.29, 1.82) is 0 Å². The molecule has 2 aliphatic carbocycles. The molecule has 3 nitrogen and oxygen atoms in total. The summed E-state index contributed by atoms with van der Waals surface area (Å²) < 4.78 is 6.09. The lowest BCUT2D eigenvalue weighted by Crippen LogP contribution is -2.49. The molecule has 0 aliphatic heterocycles. The van der Waals surface area contributed by atoms with Crippen LogP contribution in [0.2, 0.25) is 0 Å². The summed E-state index contributed by atoms with van der Waals surface area (Å²) in [4.78, 5) is 0. The number of aliphatic hydroxyl groups is 1. The van der Waals surface area contributed by atoms with Crippen LogP contribution in [0.15, 0.2) is 0 Å². The van der Waals surface area contributed by atoms with E-state index in [2.05, 4.69) is 12.2 Å². The Hall–Kier alpha value is -0.120. The van der Waals surface area contributed by atoms with Gasteiger partial charge in [0.2, 0.25) is 0 Å². The predicted molar refractivity (Wildman–Crippen MR) is 78.2 cm³/mol. The Morgan fingerprint density at radius 2 is 2.11 bits per heavy atom. The van der Waals surface area contributed by atoms with Crippen molar-refractivity contribution in [2.24, 2.45) is 11.8 Å². The second-order valence-electron chi connectivity index (χ2n) is 6.71. The van der Waals surface area contributed by atoms with Crippen LogP contribution >= 0.6 is 0 Å². The Kier molecular flexibility index (Phi) is 5.67. The summed E-state index contributed by atoms with van der Waals surface area (Å²) in [6.07, 6.45) is 10.3. The molecule has 0 spiro atoms. The molecule has 2 aliphatic rings. The zero-order chi connectivity index (χ0) is 13.7. The summed E-state index contributed by atoms with van der Waals surface area (Å²) >= 11 is 0. The van der Waals surface area contributed by atoms with E-state index in [4.69, 9.17) is 4.74 Å². The molecule has 2 fully saturated rings. The lowest BCUT2D eigenvalue weighted by molar-refractivity contribution is 0.00211. The number of ether oxygens (including phenoxy) is 1. The van der Waals surface area contributed by atoms with E-state index in [0.29, 0.717) is 12.0 Å². The van der Waals surface area contributed by atoms with Gasteiger partial charge in [-0.3, -0.25) is 0 Å². The highest BCUT2D eigenvalue weighted by atomic mass is 16.5. The van der Waals surface area contributed by atoms with Crippen LogP contribution < -0.4 is 5.32 Å². The number of hydrogen-bond acceptors (Lipinski definition) is 3. The van der Waals surface area contributed by atoms with Gasteiger partial charge in [-0.05, 0) is 51.0 Å². The highest BCUT2D eigenvalue weighted by molar-refractivity contribution is 4.97. The second kappa shape index (κ2) is 7.05. The quantitative estimate of drug-likeness (QED) is 0.779. The minimum absolute atomic E-state index is 0.0385. The molecule has 0 radical (unpaired) electrons. The summed E-state index contributed by atoms with van der Waals surface area (Å²) in [6.45, 7) is 3.46. The van der Waals surface area contributed by atoms with Crippen molar-refractivity contribution in [2.75, 3.05) is 20.3 Å². The van der Waals surface area contributed by atoms with Crippen LogP contribution in [-0.4, -0.2) is 37.0 Å². The molecule has 0 amide bonds. The molecule has 0 heterocycles. The zero-order valence-corrected chi connectivity index (χ0v) is 12.7. The summed E-state index contributed by atoms with van der Waals surface area (Å²) in [5, 5.41) is 13.0. The molecule has 0 bridgehead atoms. The monoisotopic (exact) mass is 269 g/mol. The highest BCUT2D eigenvalue weighted by Gasteiger charge is 2.40. The summed E-state index contributed by atoms with van der Waals surface area (Å²) in [5.41, 5.74) is -0.0385. The van der Waals surface area contributed by atoms with Crippen molar-refractivity contribution in [3.8, 4) is 0 Å². The topological polar surface area (TPSA) is 41.5 Å². The van der Waals surface area contributed by atoms with Gasteiger partial charge >= 0.3 is 0 Å². The molecule has 4 atom stereocenters. The molecule has 112 valence electrons. The molecule has 0 saturated heterocycles. The first-order chi connectivity index (χ1) is 9.20. The first kappa shape index (κ1) is 15.3. The van der Waals surface area contributed by atoms with Crippen molar-refractivity contribution in [3.05, 3.63) is 0 Å². The van der Waals surface area contributed by atoms with Gasteiger partial charge < -0.3 is 15.2 Å². The van der Waals surface area contributed by atoms with E-state index in [1.165, 1.54) is 38.5 Å². The minimum atomic E-state index is -0.0385. The first-order valence-corrected chi connectivity index (χ1v) is 8.11. The molecular weight excluding hydrogens is 238 g/mol. The van der Waals surface area contributed by atoms with E-state index < -0.39 is 0 Å². The fraction of sp³-hybridized carbons (Fsp3) is 1.00. The third kappa shape index (κ3) is 3.71. The van der Waals surface area contributed by atoms with E-state index in [1.807, 2.05) is 7.05 Å². The van der Waals surface area contributed by atoms with Gasteiger partial charge in [0.05, 0.1) is 12.7 Å². The van der Waals surface area contributed by atoms with Crippen LogP contribution in [-0.2, 0) is 4.74 Å². The van der Waals surface area contributed by atoms with Gasteiger partial charge in [0.1, 0.15) is 0 Å². The lowest BCUT2D eigenvalue weighted by atomic mass is 9.85. The normalized spacial score (nSPS) is 39.6. The second-order valence-corrected chi connectivity index (χ2v) is 6.71. The number of hydrogen-bond donors (Lipinski definition) is 2. The van der Waals surface area contributed by atoms with Gasteiger partial charge in [0.15, 0.2) is 0 Å². The maximum Gasteiger partial charge on any atom is 0.0615 e. The molecule has 4 unspecified atom stereocenters. The van der Waals surface area contributed by atoms with E-state index in [-0.39, 0.29) is 12.1 Å². The van der Waals surface area contributed by atoms with Crippen LogP contribution in [0.25, 0.3) is 0 Å². The average Bonchev–Trinajstić information content (AvgIpc) is 2.82. The van der Waals surface area contributed by atoms with Crippen molar-refractivity contribution >= 4 is 0 Å². The van der Waals surface area contributed by atoms with E-state index in [9.17, 15) is 5.11 Å². The molecular formula is C16H31NO2. The van der Waals surface area contributed by atoms with Crippen molar-refractivity contribution in [3.63, 3.8) is 0 Å². The maximum absolute atomic E-state index is 9.67. The SMILES string of the molecule is CNC1(CO)CCCC1CCOC1CCCC(C)C1. The Balaban J connectivity index is 1.73. The number of rotatable bonds is 6. The predicted octanol–water partition coefficient (Wildman–Crippen LogP) is 2.72. The Morgan fingerprint density at radius 1 is 1.26 bits per heavy atom. The van der Waals surface area contributed by atoms with E-state index in [1.54, 1.807) is 0 Å². The third-order valence-corrected chi connectivity index (χ3v) is 5.45. The molecule has 0 aromatic rings. The standard InChI is InChI=1S/C16H31NO2/c1-13-5-3-7-15(11-13)19-10-8-14-6-4-9-16(14,12-18)17-2/h13-15,17-18H,3-12H2,1-2H3. The number of nitrogens with one attached hydrogen (secondary N) is 1. The van der Waals surface area contributed by atoms with Crippen LogP contribution in [0.1, 0.15) is 58.3 Å². The summed E-state index contributed by atoms with van der Waals surface area (Å²) in [6, 6.07) is 0. The van der Waals surface area contributed by atoms with Crippen molar-refractivity contribution in [2.45, 2.75) is 69.9 Å². The van der Waals surface area contributed by atoms with E-state index >= 15 is 0 Å². The van der Waals surface area contributed by atoms with Crippen LogP contribution in [0.4, 0.5) is 0 Å². The minimum Gasteiger partial charge on any atom is -0.394 e. The molecule has 0 aromatic carbocycles. The zero-order valence-electron chi connectivity index (χ0n) is 12.7. The van der Waals surface area contributed by atoms with Crippen LogP contribution in [0, 0.1) is 11.8 Å². The van der Waals surface area contributed by atoms with Gasteiger partial charge in [-0.15, -0.1) is 0 Å². The van der Waals surface area contributed by atoms with Crippen molar-refractivity contribution in [1.82, 2.24) is 5.32 Å². The number of aliphatic hydroxyl groups excluding tert-OH is 1. The molecule has 19 heavy (non-hydrogen) atoms. The fourth-order valence-electron chi connectivity index (χ4n) is 4.09. The van der Waals surface area contributed by atoms with Gasteiger partial charge in [-0.2, -0.15) is 0 Å². The number of likely N-dealkylation sites (N-methyl/N-ethyl adjacent to an activating group) is 1. The molecule has 2 saturated carbocycles.